The number of alkyl halides is 1. The Balaban J connectivity index is 2.23. The van der Waals surface area contributed by atoms with Gasteiger partial charge in [-0.2, -0.15) is 0 Å². The van der Waals surface area contributed by atoms with Crippen LogP contribution in [-0.2, 0) is 9.84 Å². The van der Waals surface area contributed by atoms with E-state index in [0.717, 1.165) is 31.9 Å². The third-order valence-electron chi connectivity index (χ3n) is 3.97. The van der Waals surface area contributed by atoms with Crippen molar-refractivity contribution in [2.45, 2.75) is 42.0 Å². The fourth-order valence-corrected chi connectivity index (χ4v) is 3.83. The Kier molecular flexibility index (Phi) is 4.94. The SMILES string of the molecule is CN(C(=O)c1cccc(S(C)(=O)=O)c1)C1CCCCC1Cl. The first kappa shape index (κ1) is 16.3. The lowest BCUT2D eigenvalue weighted by molar-refractivity contribution is 0.0700. The van der Waals surface area contributed by atoms with Crippen molar-refractivity contribution < 1.29 is 13.2 Å². The summed E-state index contributed by atoms with van der Waals surface area (Å²) in [6, 6.07) is 6.17. The molecule has 4 nitrogen and oxygen atoms in total. The summed E-state index contributed by atoms with van der Waals surface area (Å²) in [4.78, 5) is 14.4. The lowest BCUT2D eigenvalue weighted by atomic mass is 9.93. The number of hydrogen-bond acceptors (Lipinski definition) is 3. The van der Waals surface area contributed by atoms with Gasteiger partial charge in [0, 0.05) is 24.9 Å². The topological polar surface area (TPSA) is 54.5 Å². The minimum Gasteiger partial charge on any atom is -0.337 e. The molecule has 6 heteroatoms. The van der Waals surface area contributed by atoms with Crippen molar-refractivity contribution in [2.24, 2.45) is 0 Å². The minimum atomic E-state index is -3.32. The van der Waals surface area contributed by atoms with Crippen LogP contribution in [-0.4, -0.2) is 43.9 Å². The molecule has 1 aromatic carbocycles. The standard InChI is InChI=1S/C15H20ClNO3S/c1-17(14-9-4-3-8-13(14)16)15(18)11-6-5-7-12(10-11)21(2,19)20/h5-7,10,13-14H,3-4,8-9H2,1-2H3. The molecule has 2 unspecified atom stereocenters. The van der Waals surface area contributed by atoms with Crippen LogP contribution in [0.3, 0.4) is 0 Å². The molecule has 1 aromatic rings. The molecule has 0 heterocycles. The highest BCUT2D eigenvalue weighted by molar-refractivity contribution is 7.90. The van der Waals surface area contributed by atoms with Crippen LogP contribution in [0.5, 0.6) is 0 Å². The summed E-state index contributed by atoms with van der Waals surface area (Å²) in [5.41, 5.74) is 0.384. The smallest absolute Gasteiger partial charge is 0.253 e. The van der Waals surface area contributed by atoms with E-state index in [2.05, 4.69) is 0 Å². The number of carbonyl (C=O) groups is 1. The molecule has 1 amide bonds. The zero-order valence-corrected chi connectivity index (χ0v) is 13.8. The van der Waals surface area contributed by atoms with E-state index in [1.807, 2.05) is 0 Å². The van der Waals surface area contributed by atoms with Crippen LogP contribution in [0.4, 0.5) is 0 Å². The first-order chi connectivity index (χ1) is 9.80. The van der Waals surface area contributed by atoms with E-state index in [1.165, 1.54) is 12.1 Å². The van der Waals surface area contributed by atoms with Crippen LogP contribution in [0.15, 0.2) is 29.2 Å². The van der Waals surface area contributed by atoms with E-state index in [1.54, 1.807) is 24.1 Å². The predicted octanol–water partition coefficient (Wildman–Crippen LogP) is 2.71. The van der Waals surface area contributed by atoms with Crippen LogP contribution in [0.2, 0.25) is 0 Å². The molecule has 1 fully saturated rings. The highest BCUT2D eigenvalue weighted by Crippen LogP contribution is 2.27. The molecule has 21 heavy (non-hydrogen) atoms. The van der Waals surface area contributed by atoms with Crippen LogP contribution in [0.1, 0.15) is 36.0 Å². The Morgan fingerprint density at radius 1 is 1.29 bits per heavy atom. The van der Waals surface area contributed by atoms with Crippen LogP contribution < -0.4 is 0 Å². The maximum absolute atomic E-state index is 12.5. The van der Waals surface area contributed by atoms with Gasteiger partial charge in [-0.15, -0.1) is 11.6 Å². The van der Waals surface area contributed by atoms with Gasteiger partial charge in [0.2, 0.25) is 0 Å². The molecule has 0 aliphatic heterocycles. The molecular weight excluding hydrogens is 310 g/mol. The van der Waals surface area contributed by atoms with E-state index >= 15 is 0 Å². The molecule has 0 aromatic heterocycles. The third kappa shape index (κ3) is 3.77. The van der Waals surface area contributed by atoms with Crippen molar-refractivity contribution in [3.63, 3.8) is 0 Å². The average Bonchev–Trinajstić information content (AvgIpc) is 2.45. The van der Waals surface area contributed by atoms with Gasteiger partial charge in [0.05, 0.1) is 10.3 Å². The van der Waals surface area contributed by atoms with Gasteiger partial charge in [-0.25, -0.2) is 8.42 Å². The summed E-state index contributed by atoms with van der Waals surface area (Å²) in [7, 11) is -1.58. The van der Waals surface area contributed by atoms with Gasteiger partial charge in [-0.3, -0.25) is 4.79 Å². The van der Waals surface area contributed by atoms with Crippen molar-refractivity contribution in [3.05, 3.63) is 29.8 Å². The number of sulfone groups is 1. The quantitative estimate of drug-likeness (QED) is 0.801. The van der Waals surface area contributed by atoms with Gasteiger partial charge in [0.1, 0.15) is 0 Å². The minimum absolute atomic E-state index is 0.00908. The van der Waals surface area contributed by atoms with Crippen molar-refractivity contribution in [1.29, 1.82) is 0 Å². The van der Waals surface area contributed by atoms with Crippen LogP contribution in [0.25, 0.3) is 0 Å². The number of rotatable bonds is 3. The first-order valence-electron chi connectivity index (χ1n) is 7.02. The highest BCUT2D eigenvalue weighted by Gasteiger charge is 2.30. The Morgan fingerprint density at radius 3 is 2.57 bits per heavy atom. The monoisotopic (exact) mass is 329 g/mol. The zero-order valence-electron chi connectivity index (χ0n) is 12.3. The van der Waals surface area contributed by atoms with Gasteiger partial charge in [0.25, 0.3) is 5.91 Å². The van der Waals surface area contributed by atoms with Gasteiger partial charge in [-0.05, 0) is 31.0 Å². The van der Waals surface area contributed by atoms with Crippen molar-refractivity contribution in [3.8, 4) is 0 Å². The van der Waals surface area contributed by atoms with Gasteiger partial charge < -0.3 is 4.90 Å². The summed E-state index contributed by atoms with van der Waals surface area (Å²) >= 11 is 6.32. The van der Waals surface area contributed by atoms with Crippen molar-refractivity contribution in [1.82, 2.24) is 4.90 Å². The molecule has 2 atom stereocenters. The van der Waals surface area contributed by atoms with Crippen molar-refractivity contribution in [2.75, 3.05) is 13.3 Å². The van der Waals surface area contributed by atoms with Gasteiger partial charge >= 0.3 is 0 Å². The molecule has 1 saturated carbocycles. The predicted molar refractivity (Wildman–Crippen MR) is 83.5 cm³/mol. The largest absolute Gasteiger partial charge is 0.337 e. The van der Waals surface area contributed by atoms with E-state index < -0.39 is 9.84 Å². The summed E-state index contributed by atoms with van der Waals surface area (Å²) in [6.07, 6.45) is 5.09. The summed E-state index contributed by atoms with van der Waals surface area (Å²) in [5.74, 6) is -0.182. The molecule has 0 spiro atoms. The molecule has 0 radical (unpaired) electrons. The molecule has 116 valence electrons. The van der Waals surface area contributed by atoms with Gasteiger partial charge in [-0.1, -0.05) is 18.9 Å². The Bertz CT molecular complexity index is 630. The number of benzene rings is 1. The zero-order chi connectivity index (χ0) is 15.6. The average molecular weight is 330 g/mol. The number of nitrogens with zero attached hydrogens (tertiary/aromatic N) is 1. The second-order valence-corrected chi connectivity index (χ2v) is 8.16. The lowest BCUT2D eigenvalue weighted by Gasteiger charge is -2.35. The maximum Gasteiger partial charge on any atom is 0.253 e. The van der Waals surface area contributed by atoms with E-state index in [4.69, 9.17) is 11.6 Å². The highest BCUT2D eigenvalue weighted by atomic mass is 35.5. The first-order valence-corrected chi connectivity index (χ1v) is 9.35. The molecule has 0 N–H and O–H groups in total. The Morgan fingerprint density at radius 2 is 1.95 bits per heavy atom. The van der Waals surface area contributed by atoms with Crippen molar-refractivity contribution >= 4 is 27.3 Å². The second-order valence-electron chi connectivity index (χ2n) is 5.58. The molecule has 0 saturated heterocycles. The summed E-state index contributed by atoms with van der Waals surface area (Å²) < 4.78 is 23.2. The van der Waals surface area contributed by atoms with Crippen LogP contribution >= 0.6 is 11.6 Å². The second kappa shape index (κ2) is 6.36. The Labute approximate surface area is 131 Å². The normalized spacial score (nSPS) is 22.8. The Hall–Kier alpha value is -1.07. The number of amides is 1. The van der Waals surface area contributed by atoms with E-state index in [0.29, 0.717) is 5.56 Å². The molecule has 1 aliphatic carbocycles. The van der Waals surface area contributed by atoms with Crippen LogP contribution in [0, 0.1) is 0 Å². The van der Waals surface area contributed by atoms with E-state index in [-0.39, 0.29) is 22.2 Å². The van der Waals surface area contributed by atoms with Gasteiger partial charge in [0.15, 0.2) is 9.84 Å². The molecule has 1 aliphatic rings. The fourth-order valence-electron chi connectivity index (χ4n) is 2.72. The maximum atomic E-state index is 12.5. The number of hydrogen-bond donors (Lipinski definition) is 0. The molecule has 0 bridgehead atoms. The lowest BCUT2D eigenvalue weighted by Crippen LogP contribution is -2.44. The third-order valence-corrected chi connectivity index (χ3v) is 5.59. The number of carbonyl (C=O) groups excluding carboxylic acids is 1. The summed E-state index contributed by atoms with van der Waals surface area (Å²) in [5, 5.41) is -0.0363. The summed E-state index contributed by atoms with van der Waals surface area (Å²) in [6.45, 7) is 0. The van der Waals surface area contributed by atoms with E-state index in [9.17, 15) is 13.2 Å². The fraction of sp³-hybridized carbons (Fsp3) is 0.533. The molecular formula is C15H20ClNO3S. The number of halogens is 1. The molecule has 2 rings (SSSR count).